The van der Waals surface area contributed by atoms with E-state index in [1.807, 2.05) is 42.7 Å². The fraction of sp³-hybridized carbons (Fsp3) is 0.200. The van der Waals surface area contributed by atoms with E-state index in [9.17, 15) is 22.8 Å². The second-order valence-corrected chi connectivity index (χ2v) is 6.51. The second-order valence-electron chi connectivity index (χ2n) is 6.51. The summed E-state index contributed by atoms with van der Waals surface area (Å²) in [6.45, 7) is 5.71. The van der Waals surface area contributed by atoms with Crippen molar-refractivity contribution in [3.05, 3.63) is 75.7 Å². The average molecular weight is 436 g/mol. The van der Waals surface area contributed by atoms with Crippen LogP contribution >= 0.6 is 0 Å². The van der Waals surface area contributed by atoms with Gasteiger partial charge in [-0.05, 0) is 51.1 Å². The lowest BCUT2D eigenvalue weighted by molar-refractivity contribution is -0.192. The zero-order valence-corrected chi connectivity index (χ0v) is 16.7. The van der Waals surface area contributed by atoms with E-state index in [0.29, 0.717) is 16.9 Å². The second kappa shape index (κ2) is 9.28. The van der Waals surface area contributed by atoms with E-state index in [2.05, 4.69) is 15.3 Å². The van der Waals surface area contributed by atoms with Crippen molar-refractivity contribution in [1.82, 2.24) is 14.5 Å². The number of alkyl halides is 3. The number of nitrogens with zero attached hydrogens (tertiary/aromatic N) is 2. The van der Waals surface area contributed by atoms with Crippen LogP contribution in [0.5, 0.6) is 0 Å². The minimum Gasteiger partial charge on any atom is -0.475 e. The van der Waals surface area contributed by atoms with Gasteiger partial charge in [0.2, 0.25) is 5.56 Å². The third-order valence-corrected chi connectivity index (χ3v) is 4.14. The first-order valence-corrected chi connectivity index (χ1v) is 8.82. The number of imidazole rings is 1. The van der Waals surface area contributed by atoms with Crippen LogP contribution in [0.1, 0.15) is 27.4 Å². The van der Waals surface area contributed by atoms with E-state index < -0.39 is 12.1 Å². The molecular weight excluding hydrogens is 417 g/mol. The highest BCUT2D eigenvalue weighted by Gasteiger charge is 2.38. The van der Waals surface area contributed by atoms with Crippen molar-refractivity contribution in [2.24, 2.45) is 0 Å². The minimum atomic E-state index is -5.08. The molecule has 1 aromatic carbocycles. The van der Waals surface area contributed by atoms with Crippen LogP contribution in [-0.2, 0) is 4.79 Å². The average Bonchev–Trinajstić information content (AvgIpc) is 3.00. The van der Waals surface area contributed by atoms with Gasteiger partial charge >= 0.3 is 12.1 Å². The number of aromatic amines is 1. The van der Waals surface area contributed by atoms with Crippen molar-refractivity contribution in [2.45, 2.75) is 26.9 Å². The molecule has 2 aromatic heterocycles. The number of carboxylic acid groups (broad SMARTS) is 1. The van der Waals surface area contributed by atoms with Crippen LogP contribution in [0.25, 0.3) is 5.69 Å². The van der Waals surface area contributed by atoms with E-state index in [4.69, 9.17) is 9.90 Å². The Labute approximate surface area is 174 Å². The molecular formula is C20H19F3N4O4. The number of aryl methyl sites for hydroxylation is 2. The smallest absolute Gasteiger partial charge is 0.475 e. The number of carbonyl (C=O) groups is 2. The summed E-state index contributed by atoms with van der Waals surface area (Å²) >= 11 is 0. The van der Waals surface area contributed by atoms with Crippen molar-refractivity contribution < 1.29 is 27.9 Å². The molecule has 0 saturated carbocycles. The summed E-state index contributed by atoms with van der Waals surface area (Å²) in [5.74, 6) is -3.07. The molecule has 2 heterocycles. The van der Waals surface area contributed by atoms with Crippen LogP contribution in [0.3, 0.4) is 0 Å². The Hall–Kier alpha value is -3.89. The molecule has 1 amide bonds. The molecule has 164 valence electrons. The molecule has 0 unspecified atom stereocenters. The predicted molar refractivity (Wildman–Crippen MR) is 106 cm³/mol. The fourth-order valence-electron chi connectivity index (χ4n) is 2.48. The fourth-order valence-corrected chi connectivity index (χ4v) is 2.48. The number of anilines is 1. The molecule has 0 spiro atoms. The van der Waals surface area contributed by atoms with Crippen LogP contribution in [0.15, 0.2) is 47.5 Å². The number of hydrogen-bond donors (Lipinski definition) is 3. The largest absolute Gasteiger partial charge is 0.490 e. The number of hydrogen-bond acceptors (Lipinski definition) is 4. The topological polar surface area (TPSA) is 117 Å². The number of nitrogens with one attached hydrogen (secondary N) is 2. The summed E-state index contributed by atoms with van der Waals surface area (Å²) in [6, 6.07) is 10.4. The zero-order chi connectivity index (χ0) is 23.3. The molecule has 0 aliphatic heterocycles. The normalized spacial score (nSPS) is 10.8. The van der Waals surface area contributed by atoms with Gasteiger partial charge < -0.3 is 20.0 Å². The monoisotopic (exact) mass is 436 g/mol. The molecule has 0 radical (unpaired) electrons. The standard InChI is InChI=1S/C18H18N4O2.C2HF3O2/c1-11-8-14(9-17(23)20-11)18(24)21-15-4-6-16(7-5-15)22-10-19-12(2)13(22)3;3-2(4,5)1(6)7/h4-10H,1-3H3,(H,20,23)(H,21,24);(H,6,7). The van der Waals surface area contributed by atoms with Gasteiger partial charge in [-0.2, -0.15) is 13.2 Å². The maximum Gasteiger partial charge on any atom is 0.490 e. The first kappa shape index (κ1) is 23.4. The Morgan fingerprint density at radius 3 is 2.13 bits per heavy atom. The summed E-state index contributed by atoms with van der Waals surface area (Å²) < 4.78 is 33.7. The van der Waals surface area contributed by atoms with Crippen LogP contribution in [0, 0.1) is 20.8 Å². The number of aromatic nitrogens is 3. The molecule has 3 rings (SSSR count). The van der Waals surface area contributed by atoms with E-state index in [-0.39, 0.29) is 11.5 Å². The van der Waals surface area contributed by atoms with Gasteiger partial charge in [0.1, 0.15) is 0 Å². The summed E-state index contributed by atoms with van der Waals surface area (Å²) in [7, 11) is 0. The van der Waals surface area contributed by atoms with Gasteiger partial charge in [0.25, 0.3) is 5.91 Å². The summed E-state index contributed by atoms with van der Waals surface area (Å²) in [5.41, 5.74) is 4.38. The van der Waals surface area contributed by atoms with Crippen LogP contribution in [-0.4, -0.2) is 37.7 Å². The molecule has 0 atom stereocenters. The van der Waals surface area contributed by atoms with Crippen molar-refractivity contribution in [2.75, 3.05) is 5.32 Å². The summed E-state index contributed by atoms with van der Waals surface area (Å²) in [6.07, 6.45) is -3.31. The first-order valence-electron chi connectivity index (χ1n) is 8.82. The number of aliphatic carboxylic acids is 1. The molecule has 3 aromatic rings. The third-order valence-electron chi connectivity index (χ3n) is 4.14. The highest BCUT2D eigenvalue weighted by atomic mass is 19.4. The Kier molecular flexibility index (Phi) is 7.00. The number of rotatable bonds is 3. The predicted octanol–water partition coefficient (Wildman–Crippen LogP) is 3.37. The lowest BCUT2D eigenvalue weighted by atomic mass is 10.2. The number of pyridine rings is 1. The number of H-pyrrole nitrogens is 1. The van der Waals surface area contributed by atoms with Gasteiger partial charge in [0.05, 0.1) is 12.0 Å². The highest BCUT2D eigenvalue weighted by Crippen LogP contribution is 2.17. The molecule has 11 heteroatoms. The molecule has 3 N–H and O–H groups in total. The highest BCUT2D eigenvalue weighted by molar-refractivity contribution is 6.04. The van der Waals surface area contributed by atoms with Gasteiger partial charge in [-0.1, -0.05) is 0 Å². The van der Waals surface area contributed by atoms with Gasteiger partial charge in [-0.25, -0.2) is 9.78 Å². The van der Waals surface area contributed by atoms with Gasteiger partial charge in [0.15, 0.2) is 0 Å². The summed E-state index contributed by atoms with van der Waals surface area (Å²) in [5, 5.41) is 9.92. The molecule has 31 heavy (non-hydrogen) atoms. The minimum absolute atomic E-state index is 0.290. The number of carboxylic acids is 1. The molecule has 0 bridgehead atoms. The molecule has 8 nitrogen and oxygen atoms in total. The summed E-state index contributed by atoms with van der Waals surface area (Å²) in [4.78, 5) is 39.5. The van der Waals surface area contributed by atoms with Crippen molar-refractivity contribution >= 4 is 17.6 Å². The van der Waals surface area contributed by atoms with E-state index >= 15 is 0 Å². The van der Waals surface area contributed by atoms with E-state index in [1.54, 1.807) is 19.3 Å². The molecule has 0 aliphatic rings. The molecule has 0 aliphatic carbocycles. The third kappa shape index (κ3) is 6.29. The van der Waals surface area contributed by atoms with Crippen LogP contribution < -0.4 is 10.9 Å². The quantitative estimate of drug-likeness (QED) is 0.582. The lowest BCUT2D eigenvalue weighted by Crippen LogP contribution is -2.21. The number of carbonyl (C=O) groups excluding carboxylic acids is 1. The Morgan fingerprint density at radius 1 is 1.10 bits per heavy atom. The maximum atomic E-state index is 12.3. The zero-order valence-electron chi connectivity index (χ0n) is 16.7. The molecule has 0 saturated heterocycles. The van der Waals surface area contributed by atoms with Gasteiger partial charge in [0, 0.05) is 34.4 Å². The van der Waals surface area contributed by atoms with Crippen molar-refractivity contribution in [1.29, 1.82) is 0 Å². The first-order chi connectivity index (χ1) is 14.4. The van der Waals surface area contributed by atoms with Gasteiger partial charge in [-0.15, -0.1) is 0 Å². The van der Waals surface area contributed by atoms with Crippen molar-refractivity contribution in [3.63, 3.8) is 0 Å². The number of benzene rings is 1. The Morgan fingerprint density at radius 2 is 1.68 bits per heavy atom. The van der Waals surface area contributed by atoms with Crippen LogP contribution in [0.2, 0.25) is 0 Å². The number of amides is 1. The Bertz CT molecular complexity index is 1150. The van der Waals surface area contributed by atoms with Gasteiger partial charge in [-0.3, -0.25) is 9.59 Å². The van der Waals surface area contributed by atoms with Crippen molar-refractivity contribution in [3.8, 4) is 5.69 Å². The molecule has 0 fully saturated rings. The SMILES string of the molecule is Cc1cc(C(=O)Nc2ccc(-n3cnc(C)c3C)cc2)cc(=O)[nH]1.O=C(O)C(F)(F)F. The van der Waals surface area contributed by atoms with Crippen LogP contribution in [0.4, 0.5) is 18.9 Å². The van der Waals surface area contributed by atoms with E-state index in [1.165, 1.54) is 6.07 Å². The van der Waals surface area contributed by atoms with E-state index in [0.717, 1.165) is 17.1 Å². The maximum absolute atomic E-state index is 12.3. The number of halogens is 3. The Balaban J connectivity index is 0.000000423. The lowest BCUT2D eigenvalue weighted by Gasteiger charge is -2.09.